The molecular weight excluding hydrogens is 276 g/mol. The molecule has 2 rings (SSSR count). The Labute approximate surface area is 114 Å². The Morgan fingerprint density at radius 1 is 1.47 bits per heavy atom. The summed E-state index contributed by atoms with van der Waals surface area (Å²) in [6.45, 7) is 2.48. The third-order valence-electron chi connectivity index (χ3n) is 3.14. The van der Waals surface area contributed by atoms with E-state index in [1.54, 1.807) is 0 Å². The maximum atomic E-state index is 13.1. The predicted octanol–water partition coefficient (Wildman–Crippen LogP) is 2.92. The van der Waals surface area contributed by atoms with Crippen molar-refractivity contribution < 1.29 is 18.3 Å². The van der Waals surface area contributed by atoms with Crippen LogP contribution in [0.4, 0.5) is 8.78 Å². The number of carbonyl (C=O) groups excluding carboxylic acids is 1. The van der Waals surface area contributed by atoms with Crippen LogP contribution in [0, 0.1) is 11.6 Å². The SMILES string of the molecule is CC(NC(=O)c1cc(F)c(F)cc1Cl)C1CCCO1. The highest BCUT2D eigenvalue weighted by Crippen LogP contribution is 2.21. The summed E-state index contributed by atoms with van der Waals surface area (Å²) < 4.78 is 31.5. The first-order valence-electron chi connectivity index (χ1n) is 6.06. The van der Waals surface area contributed by atoms with Crippen LogP contribution in [-0.2, 0) is 4.74 Å². The lowest BCUT2D eigenvalue weighted by atomic mass is 10.1. The summed E-state index contributed by atoms with van der Waals surface area (Å²) in [6, 6.07) is 1.39. The molecule has 1 fully saturated rings. The fraction of sp³-hybridized carbons (Fsp3) is 0.462. The van der Waals surface area contributed by atoms with E-state index in [9.17, 15) is 13.6 Å². The van der Waals surface area contributed by atoms with E-state index in [2.05, 4.69) is 5.32 Å². The highest BCUT2D eigenvalue weighted by atomic mass is 35.5. The van der Waals surface area contributed by atoms with Crippen molar-refractivity contribution in [1.29, 1.82) is 0 Å². The fourth-order valence-corrected chi connectivity index (χ4v) is 2.31. The van der Waals surface area contributed by atoms with Gasteiger partial charge in [0.25, 0.3) is 5.91 Å². The number of hydrogen-bond acceptors (Lipinski definition) is 2. The largest absolute Gasteiger partial charge is 0.376 e. The first-order chi connectivity index (χ1) is 8.99. The minimum Gasteiger partial charge on any atom is -0.376 e. The second-order valence-corrected chi connectivity index (χ2v) is 4.97. The fourth-order valence-electron chi connectivity index (χ4n) is 2.07. The molecule has 1 heterocycles. The minimum atomic E-state index is -1.10. The average molecular weight is 290 g/mol. The molecule has 104 valence electrons. The summed E-state index contributed by atoms with van der Waals surface area (Å²) in [7, 11) is 0. The first kappa shape index (κ1) is 14.2. The van der Waals surface area contributed by atoms with Gasteiger partial charge in [-0.2, -0.15) is 0 Å². The van der Waals surface area contributed by atoms with Crippen LogP contribution in [0.2, 0.25) is 5.02 Å². The Kier molecular flexibility index (Phi) is 4.37. The summed E-state index contributed by atoms with van der Waals surface area (Å²) in [4.78, 5) is 12.0. The zero-order valence-electron chi connectivity index (χ0n) is 10.4. The highest BCUT2D eigenvalue weighted by Gasteiger charge is 2.25. The van der Waals surface area contributed by atoms with Gasteiger partial charge in [-0.05, 0) is 31.9 Å². The standard InChI is InChI=1S/C13H14ClF2NO2/c1-7(12-3-2-4-19-12)17-13(18)8-5-10(15)11(16)6-9(8)14/h5-7,12H,2-4H2,1H3,(H,17,18). The van der Waals surface area contributed by atoms with Crippen LogP contribution >= 0.6 is 11.6 Å². The van der Waals surface area contributed by atoms with E-state index in [0.29, 0.717) is 6.61 Å². The topological polar surface area (TPSA) is 38.3 Å². The van der Waals surface area contributed by atoms with Crippen LogP contribution < -0.4 is 5.32 Å². The van der Waals surface area contributed by atoms with Gasteiger partial charge >= 0.3 is 0 Å². The van der Waals surface area contributed by atoms with Crippen molar-refractivity contribution in [3.8, 4) is 0 Å². The number of hydrogen-bond donors (Lipinski definition) is 1. The third kappa shape index (κ3) is 3.22. The molecule has 19 heavy (non-hydrogen) atoms. The van der Waals surface area contributed by atoms with E-state index < -0.39 is 17.5 Å². The molecule has 1 N–H and O–H groups in total. The van der Waals surface area contributed by atoms with Gasteiger partial charge in [-0.3, -0.25) is 4.79 Å². The zero-order valence-corrected chi connectivity index (χ0v) is 11.1. The van der Waals surface area contributed by atoms with Crippen LogP contribution in [0.3, 0.4) is 0 Å². The molecular formula is C13H14ClF2NO2. The number of nitrogens with one attached hydrogen (secondary N) is 1. The third-order valence-corrected chi connectivity index (χ3v) is 3.45. The van der Waals surface area contributed by atoms with Crippen molar-refractivity contribution in [2.24, 2.45) is 0 Å². The van der Waals surface area contributed by atoms with Crippen molar-refractivity contribution in [3.63, 3.8) is 0 Å². The molecule has 6 heteroatoms. The van der Waals surface area contributed by atoms with E-state index in [-0.39, 0.29) is 22.7 Å². The lowest BCUT2D eigenvalue weighted by molar-refractivity contribution is 0.0712. The molecule has 0 spiro atoms. The summed E-state index contributed by atoms with van der Waals surface area (Å²) >= 11 is 5.74. The average Bonchev–Trinajstić information content (AvgIpc) is 2.87. The van der Waals surface area contributed by atoms with Crippen LogP contribution in [0.5, 0.6) is 0 Å². The molecule has 0 bridgehead atoms. The molecule has 1 saturated heterocycles. The number of benzene rings is 1. The molecule has 3 nitrogen and oxygen atoms in total. The van der Waals surface area contributed by atoms with Gasteiger partial charge < -0.3 is 10.1 Å². The van der Waals surface area contributed by atoms with Crippen molar-refractivity contribution >= 4 is 17.5 Å². The molecule has 1 aromatic rings. The van der Waals surface area contributed by atoms with Crippen molar-refractivity contribution in [1.82, 2.24) is 5.32 Å². The molecule has 1 amide bonds. The van der Waals surface area contributed by atoms with Crippen LogP contribution in [0.15, 0.2) is 12.1 Å². The minimum absolute atomic E-state index is 0.0481. The summed E-state index contributed by atoms with van der Waals surface area (Å²) in [6.07, 6.45) is 1.78. The Hall–Kier alpha value is -1.20. The number of carbonyl (C=O) groups is 1. The quantitative estimate of drug-likeness (QED) is 0.869. The number of ether oxygens (including phenoxy) is 1. The van der Waals surface area contributed by atoms with Gasteiger partial charge in [0, 0.05) is 6.61 Å². The normalized spacial score (nSPS) is 20.3. The van der Waals surface area contributed by atoms with E-state index in [1.807, 2.05) is 6.92 Å². The van der Waals surface area contributed by atoms with Gasteiger partial charge in [-0.15, -0.1) is 0 Å². The Morgan fingerprint density at radius 3 is 2.79 bits per heavy atom. The zero-order chi connectivity index (χ0) is 14.0. The predicted molar refractivity (Wildman–Crippen MR) is 67.3 cm³/mol. The Morgan fingerprint density at radius 2 is 2.16 bits per heavy atom. The van der Waals surface area contributed by atoms with E-state index in [0.717, 1.165) is 25.0 Å². The Balaban J connectivity index is 2.09. The summed E-state index contributed by atoms with van der Waals surface area (Å²) in [5.74, 6) is -2.71. The lowest BCUT2D eigenvalue weighted by Gasteiger charge is -2.20. The van der Waals surface area contributed by atoms with Gasteiger partial charge in [0.05, 0.1) is 22.7 Å². The monoisotopic (exact) mass is 289 g/mol. The van der Waals surface area contributed by atoms with Crippen LogP contribution in [0.1, 0.15) is 30.1 Å². The smallest absolute Gasteiger partial charge is 0.253 e. The maximum absolute atomic E-state index is 13.1. The van der Waals surface area contributed by atoms with Crippen molar-refractivity contribution in [3.05, 3.63) is 34.4 Å². The van der Waals surface area contributed by atoms with E-state index >= 15 is 0 Å². The maximum Gasteiger partial charge on any atom is 0.253 e. The Bertz CT molecular complexity index is 490. The molecule has 0 saturated carbocycles. The molecule has 1 aromatic carbocycles. The lowest BCUT2D eigenvalue weighted by Crippen LogP contribution is -2.41. The first-order valence-corrected chi connectivity index (χ1v) is 6.44. The van der Waals surface area contributed by atoms with Gasteiger partial charge in [0.1, 0.15) is 0 Å². The van der Waals surface area contributed by atoms with Crippen molar-refractivity contribution in [2.45, 2.75) is 31.9 Å². The summed E-state index contributed by atoms with van der Waals surface area (Å²) in [5, 5.41) is 2.57. The molecule has 2 atom stereocenters. The molecule has 0 aromatic heterocycles. The van der Waals surface area contributed by atoms with Gasteiger partial charge in [-0.1, -0.05) is 11.6 Å². The van der Waals surface area contributed by atoms with Crippen LogP contribution in [0.25, 0.3) is 0 Å². The summed E-state index contributed by atoms with van der Waals surface area (Å²) in [5.41, 5.74) is -0.0783. The van der Waals surface area contributed by atoms with Gasteiger partial charge in [0.2, 0.25) is 0 Å². The van der Waals surface area contributed by atoms with E-state index in [4.69, 9.17) is 16.3 Å². The molecule has 0 aliphatic carbocycles. The second-order valence-electron chi connectivity index (χ2n) is 4.56. The van der Waals surface area contributed by atoms with Crippen molar-refractivity contribution in [2.75, 3.05) is 6.61 Å². The second kappa shape index (κ2) is 5.84. The van der Waals surface area contributed by atoms with Gasteiger partial charge in [0.15, 0.2) is 11.6 Å². The van der Waals surface area contributed by atoms with Crippen LogP contribution in [-0.4, -0.2) is 24.7 Å². The van der Waals surface area contributed by atoms with E-state index in [1.165, 1.54) is 0 Å². The highest BCUT2D eigenvalue weighted by molar-refractivity contribution is 6.33. The number of amides is 1. The molecule has 1 aliphatic rings. The van der Waals surface area contributed by atoms with Gasteiger partial charge in [-0.25, -0.2) is 8.78 Å². The molecule has 0 radical (unpaired) electrons. The molecule has 1 aliphatic heterocycles. The number of rotatable bonds is 3. The number of halogens is 3. The molecule has 2 unspecified atom stereocenters.